The Bertz CT molecular complexity index is 1030. The van der Waals surface area contributed by atoms with Gasteiger partial charge in [0.1, 0.15) is 11.8 Å². The second kappa shape index (κ2) is 5.43. The first-order valence-corrected chi connectivity index (χ1v) is 6.92. The number of nitrogens with one attached hydrogen (secondary N) is 1. The number of carboxylic acid groups (broad SMARTS) is 1. The summed E-state index contributed by atoms with van der Waals surface area (Å²) in [5.74, 6) is -1.22. The summed E-state index contributed by atoms with van der Waals surface area (Å²) in [7, 11) is 0. The van der Waals surface area contributed by atoms with Gasteiger partial charge in [0.25, 0.3) is 0 Å². The Labute approximate surface area is 131 Å². The predicted octanol–water partition coefficient (Wildman–Crippen LogP) is 3.07. The van der Waals surface area contributed by atoms with Crippen LogP contribution in [0.4, 0.5) is 0 Å². The van der Waals surface area contributed by atoms with Crippen LogP contribution >= 0.6 is 0 Å². The van der Waals surface area contributed by atoms with Gasteiger partial charge in [-0.1, -0.05) is 30.3 Å². The van der Waals surface area contributed by atoms with Crippen LogP contribution < -0.4 is 5.43 Å². The van der Waals surface area contributed by atoms with Crippen molar-refractivity contribution in [1.82, 2.24) is 4.98 Å². The number of carboxylic acids is 1. The molecular formula is C18H12N2O3. The Kier molecular flexibility index (Phi) is 3.43. The van der Waals surface area contributed by atoms with Crippen LogP contribution in [0, 0.1) is 18.3 Å². The highest BCUT2D eigenvalue weighted by atomic mass is 16.4. The Balaban J connectivity index is 2.42. The first-order valence-electron chi connectivity index (χ1n) is 6.92. The first-order chi connectivity index (χ1) is 11.0. The summed E-state index contributed by atoms with van der Waals surface area (Å²) >= 11 is 0. The Hall–Kier alpha value is -3.39. The van der Waals surface area contributed by atoms with E-state index < -0.39 is 5.97 Å². The van der Waals surface area contributed by atoms with E-state index in [0.29, 0.717) is 5.39 Å². The van der Waals surface area contributed by atoms with Crippen molar-refractivity contribution < 1.29 is 9.90 Å². The van der Waals surface area contributed by atoms with Crippen molar-refractivity contribution in [3.8, 4) is 17.2 Å². The average molecular weight is 304 g/mol. The number of pyridine rings is 1. The minimum absolute atomic E-state index is 0.124. The number of H-pyrrole nitrogens is 1. The molecule has 2 aromatic carbocycles. The molecule has 5 heteroatoms. The number of fused-ring (bicyclic) bond motifs is 1. The van der Waals surface area contributed by atoms with Crippen molar-refractivity contribution in [2.75, 3.05) is 0 Å². The molecule has 5 nitrogen and oxygen atoms in total. The third-order valence-electron chi connectivity index (χ3n) is 3.79. The molecule has 0 aliphatic rings. The van der Waals surface area contributed by atoms with E-state index in [1.807, 2.05) is 36.4 Å². The summed E-state index contributed by atoms with van der Waals surface area (Å²) in [6.45, 7) is 1.46. The highest BCUT2D eigenvalue weighted by molar-refractivity contribution is 5.95. The molecule has 23 heavy (non-hydrogen) atoms. The smallest absolute Gasteiger partial charge is 0.352 e. The van der Waals surface area contributed by atoms with Crippen LogP contribution in [0.5, 0.6) is 0 Å². The van der Waals surface area contributed by atoms with E-state index in [-0.39, 0.29) is 27.8 Å². The van der Waals surface area contributed by atoms with Gasteiger partial charge in [-0.2, -0.15) is 5.26 Å². The van der Waals surface area contributed by atoms with E-state index in [9.17, 15) is 20.0 Å². The van der Waals surface area contributed by atoms with Crippen LogP contribution in [-0.2, 0) is 0 Å². The van der Waals surface area contributed by atoms with E-state index in [1.54, 1.807) is 12.1 Å². The maximum Gasteiger partial charge on any atom is 0.352 e. The monoisotopic (exact) mass is 304 g/mol. The van der Waals surface area contributed by atoms with E-state index in [0.717, 1.165) is 11.1 Å². The van der Waals surface area contributed by atoms with Crippen LogP contribution in [0.15, 0.2) is 47.3 Å². The van der Waals surface area contributed by atoms with Crippen molar-refractivity contribution in [1.29, 1.82) is 5.26 Å². The molecule has 0 unspecified atom stereocenters. The number of benzene rings is 2. The zero-order valence-electron chi connectivity index (χ0n) is 12.3. The average Bonchev–Trinajstić information content (AvgIpc) is 2.57. The number of aromatic carboxylic acids is 1. The summed E-state index contributed by atoms with van der Waals surface area (Å²) in [4.78, 5) is 26.5. The van der Waals surface area contributed by atoms with Crippen LogP contribution in [0.3, 0.4) is 0 Å². The molecule has 0 saturated carbocycles. The van der Waals surface area contributed by atoms with E-state index in [2.05, 4.69) is 4.98 Å². The van der Waals surface area contributed by atoms with Crippen LogP contribution in [0.2, 0.25) is 0 Å². The van der Waals surface area contributed by atoms with Gasteiger partial charge in [-0.3, -0.25) is 4.79 Å². The van der Waals surface area contributed by atoms with Gasteiger partial charge in [0.15, 0.2) is 5.43 Å². The van der Waals surface area contributed by atoms with Crippen LogP contribution in [0.1, 0.15) is 21.6 Å². The van der Waals surface area contributed by atoms with E-state index >= 15 is 0 Å². The molecule has 0 fully saturated rings. The molecule has 3 aromatic rings. The largest absolute Gasteiger partial charge is 0.477 e. The minimum atomic E-state index is -1.22. The van der Waals surface area contributed by atoms with Crippen molar-refractivity contribution in [3.05, 3.63) is 69.5 Å². The lowest BCUT2D eigenvalue weighted by molar-refractivity contribution is 0.0690. The Morgan fingerprint density at radius 2 is 1.87 bits per heavy atom. The predicted molar refractivity (Wildman–Crippen MR) is 86.4 cm³/mol. The maximum absolute atomic E-state index is 12.5. The number of nitrogens with zero attached hydrogens (tertiary/aromatic N) is 1. The molecule has 2 N–H and O–H groups in total. The highest BCUT2D eigenvalue weighted by Gasteiger charge is 2.16. The van der Waals surface area contributed by atoms with Gasteiger partial charge in [-0.25, -0.2) is 4.79 Å². The van der Waals surface area contributed by atoms with Crippen molar-refractivity contribution in [2.24, 2.45) is 0 Å². The number of hydrogen-bond acceptors (Lipinski definition) is 3. The molecule has 0 atom stereocenters. The molecule has 1 aromatic heterocycles. The van der Waals surface area contributed by atoms with Gasteiger partial charge in [-0.15, -0.1) is 0 Å². The SMILES string of the molecule is Cc1c(C(=O)O)[nH]c2c(C#N)cc(-c3ccccc3)cc2c1=O. The molecule has 0 aliphatic carbocycles. The molecule has 0 saturated heterocycles. The van der Waals surface area contributed by atoms with Gasteiger partial charge in [0.05, 0.1) is 11.1 Å². The summed E-state index contributed by atoms with van der Waals surface area (Å²) < 4.78 is 0. The van der Waals surface area contributed by atoms with Gasteiger partial charge in [0, 0.05) is 10.9 Å². The quantitative estimate of drug-likeness (QED) is 0.760. The van der Waals surface area contributed by atoms with Crippen molar-refractivity contribution in [2.45, 2.75) is 6.92 Å². The summed E-state index contributed by atoms with van der Waals surface area (Å²) in [5.41, 5.74) is 1.66. The summed E-state index contributed by atoms with van der Waals surface area (Å²) in [6, 6.07) is 14.7. The van der Waals surface area contributed by atoms with E-state index in [1.165, 1.54) is 6.92 Å². The van der Waals surface area contributed by atoms with Gasteiger partial charge >= 0.3 is 5.97 Å². The molecule has 0 radical (unpaired) electrons. The molecular weight excluding hydrogens is 292 g/mol. The lowest BCUT2D eigenvalue weighted by Gasteiger charge is -2.09. The Morgan fingerprint density at radius 3 is 2.48 bits per heavy atom. The Morgan fingerprint density at radius 1 is 1.17 bits per heavy atom. The van der Waals surface area contributed by atoms with Gasteiger partial charge in [-0.05, 0) is 30.2 Å². The fourth-order valence-electron chi connectivity index (χ4n) is 2.59. The maximum atomic E-state index is 12.5. The number of rotatable bonds is 2. The van der Waals surface area contributed by atoms with Crippen molar-refractivity contribution >= 4 is 16.9 Å². The zero-order chi connectivity index (χ0) is 16.6. The summed E-state index contributed by atoms with van der Waals surface area (Å²) in [6.07, 6.45) is 0. The normalized spacial score (nSPS) is 10.4. The standard InChI is InChI=1S/C18H12N2O3/c1-10-15(18(22)23)20-16-13(9-19)7-12(8-14(16)17(10)21)11-5-3-2-4-6-11/h2-8H,1H3,(H,20,21)(H,22,23). The number of hydrogen-bond donors (Lipinski definition) is 2. The zero-order valence-corrected chi connectivity index (χ0v) is 12.3. The minimum Gasteiger partial charge on any atom is -0.477 e. The third kappa shape index (κ3) is 2.36. The molecule has 1 heterocycles. The number of aromatic amines is 1. The number of nitriles is 1. The second-order valence-electron chi connectivity index (χ2n) is 5.18. The molecule has 0 aliphatic heterocycles. The fraction of sp³-hybridized carbons (Fsp3) is 0.0556. The van der Waals surface area contributed by atoms with Crippen LogP contribution in [0.25, 0.3) is 22.0 Å². The molecule has 0 spiro atoms. The van der Waals surface area contributed by atoms with Gasteiger partial charge < -0.3 is 10.1 Å². The number of carbonyl (C=O) groups is 1. The van der Waals surface area contributed by atoms with Gasteiger partial charge in [0.2, 0.25) is 0 Å². The van der Waals surface area contributed by atoms with Crippen molar-refractivity contribution in [3.63, 3.8) is 0 Å². The highest BCUT2D eigenvalue weighted by Crippen LogP contribution is 2.25. The summed E-state index contributed by atoms with van der Waals surface area (Å²) in [5, 5.41) is 18.9. The second-order valence-corrected chi connectivity index (χ2v) is 5.18. The lowest BCUT2D eigenvalue weighted by atomic mass is 9.98. The van der Waals surface area contributed by atoms with E-state index in [4.69, 9.17) is 0 Å². The molecule has 0 bridgehead atoms. The molecule has 3 rings (SSSR count). The van der Waals surface area contributed by atoms with Crippen LogP contribution in [-0.4, -0.2) is 16.1 Å². The first kappa shape index (κ1) is 14.5. The molecule has 0 amide bonds. The third-order valence-corrected chi connectivity index (χ3v) is 3.79. The molecule has 112 valence electrons. The number of aromatic nitrogens is 1. The topological polar surface area (TPSA) is 93.9 Å². The lowest BCUT2D eigenvalue weighted by Crippen LogP contribution is -2.16. The fourth-order valence-corrected chi connectivity index (χ4v) is 2.59.